The first-order valence-corrected chi connectivity index (χ1v) is 12.0. The number of fused-ring (bicyclic) bond motifs is 1. The Bertz CT molecular complexity index is 1410. The van der Waals surface area contributed by atoms with Crippen molar-refractivity contribution in [3.8, 4) is 17.0 Å². The van der Waals surface area contributed by atoms with Gasteiger partial charge in [0, 0.05) is 54.5 Å². The minimum absolute atomic E-state index is 0.115. The molecule has 0 radical (unpaired) electrons. The molecule has 1 fully saturated rings. The van der Waals surface area contributed by atoms with Gasteiger partial charge in [-0.15, -0.1) is 0 Å². The highest BCUT2D eigenvalue weighted by Gasteiger charge is 2.25. The average Bonchev–Trinajstić information content (AvgIpc) is 3.23. The molecule has 1 aromatic carbocycles. The Morgan fingerprint density at radius 2 is 2.06 bits per heavy atom. The van der Waals surface area contributed by atoms with Crippen LogP contribution in [0.4, 0.5) is 5.82 Å². The highest BCUT2D eigenvalue weighted by atomic mass is 16.5. The lowest BCUT2D eigenvalue weighted by Crippen LogP contribution is -2.30. The van der Waals surface area contributed by atoms with Crippen molar-refractivity contribution in [2.45, 2.75) is 25.8 Å². The topological polar surface area (TPSA) is 103 Å². The second-order valence-electron chi connectivity index (χ2n) is 9.13. The Labute approximate surface area is 209 Å². The molecule has 1 saturated heterocycles. The Hall–Kier alpha value is -3.98. The molecule has 1 amide bonds. The van der Waals surface area contributed by atoms with E-state index in [9.17, 15) is 4.79 Å². The highest BCUT2D eigenvalue weighted by molar-refractivity contribution is 5.95. The van der Waals surface area contributed by atoms with Gasteiger partial charge in [0.25, 0.3) is 5.91 Å². The third-order valence-corrected chi connectivity index (χ3v) is 6.61. The van der Waals surface area contributed by atoms with E-state index < -0.39 is 0 Å². The summed E-state index contributed by atoms with van der Waals surface area (Å²) in [6.45, 7) is 6.18. The van der Waals surface area contributed by atoms with Crippen LogP contribution in [0.2, 0.25) is 0 Å². The summed E-state index contributed by atoms with van der Waals surface area (Å²) in [4.78, 5) is 25.7. The number of aryl methyl sites for hydroxylation is 1. The predicted octanol–water partition coefficient (Wildman–Crippen LogP) is 3.96. The summed E-state index contributed by atoms with van der Waals surface area (Å²) in [6, 6.07) is 9.94. The van der Waals surface area contributed by atoms with E-state index >= 15 is 0 Å². The monoisotopic (exact) mass is 486 g/mol. The molecule has 1 aliphatic heterocycles. The van der Waals surface area contributed by atoms with Gasteiger partial charge in [0.1, 0.15) is 23.5 Å². The van der Waals surface area contributed by atoms with Gasteiger partial charge in [0.05, 0.1) is 32.1 Å². The molecule has 0 bridgehead atoms. The number of anilines is 1. The van der Waals surface area contributed by atoms with Gasteiger partial charge in [-0.25, -0.2) is 15.0 Å². The Morgan fingerprint density at radius 3 is 2.78 bits per heavy atom. The van der Waals surface area contributed by atoms with Crippen molar-refractivity contribution in [3.05, 3.63) is 65.7 Å². The molecule has 4 aromatic rings. The molecule has 1 unspecified atom stereocenters. The number of rotatable bonds is 8. The number of amides is 1. The lowest BCUT2D eigenvalue weighted by atomic mass is 9.98. The molecule has 1 aliphatic rings. The minimum atomic E-state index is -0.143. The summed E-state index contributed by atoms with van der Waals surface area (Å²) >= 11 is 0. The summed E-state index contributed by atoms with van der Waals surface area (Å²) in [6.07, 6.45) is 5.60. The van der Waals surface area contributed by atoms with E-state index in [1.54, 1.807) is 26.6 Å². The van der Waals surface area contributed by atoms with Crippen LogP contribution in [0.15, 0.2) is 49.1 Å². The van der Waals surface area contributed by atoms with Gasteiger partial charge < -0.3 is 24.7 Å². The van der Waals surface area contributed by atoms with Crippen LogP contribution >= 0.6 is 0 Å². The van der Waals surface area contributed by atoms with E-state index in [0.717, 1.165) is 39.2 Å². The summed E-state index contributed by atoms with van der Waals surface area (Å²) in [5.41, 5.74) is 5.49. The third-order valence-electron chi connectivity index (χ3n) is 6.61. The first-order chi connectivity index (χ1) is 17.5. The average molecular weight is 487 g/mol. The number of hydrogen-bond acceptors (Lipinski definition) is 7. The highest BCUT2D eigenvalue weighted by Crippen LogP contribution is 2.34. The third kappa shape index (κ3) is 4.49. The number of carbonyl (C=O) groups excluding carboxylic acids is 1. The first-order valence-electron chi connectivity index (χ1n) is 12.0. The number of nitrogens with zero attached hydrogens (tertiary/aromatic N) is 4. The largest absolute Gasteiger partial charge is 0.496 e. The molecular formula is C27H30N6O3. The van der Waals surface area contributed by atoms with E-state index in [0.29, 0.717) is 37.1 Å². The lowest BCUT2D eigenvalue weighted by Gasteiger charge is -2.27. The van der Waals surface area contributed by atoms with Crippen molar-refractivity contribution in [3.63, 3.8) is 0 Å². The van der Waals surface area contributed by atoms with Crippen molar-refractivity contribution >= 4 is 22.8 Å². The van der Waals surface area contributed by atoms with Crippen LogP contribution in [0.5, 0.6) is 5.75 Å². The number of hydrogen-bond donors (Lipinski definition) is 2. The lowest BCUT2D eigenvalue weighted by molar-refractivity contribution is -0.0215. The summed E-state index contributed by atoms with van der Waals surface area (Å²) in [7, 11) is 3.23. The van der Waals surface area contributed by atoms with Crippen LogP contribution in [0.1, 0.15) is 40.4 Å². The minimum Gasteiger partial charge on any atom is -0.496 e. The van der Waals surface area contributed by atoms with Gasteiger partial charge in [0.2, 0.25) is 0 Å². The van der Waals surface area contributed by atoms with E-state index in [1.165, 1.54) is 0 Å². The van der Waals surface area contributed by atoms with Crippen molar-refractivity contribution < 1.29 is 14.3 Å². The zero-order valence-corrected chi connectivity index (χ0v) is 20.9. The molecule has 2 N–H and O–H groups in total. The van der Waals surface area contributed by atoms with Crippen LogP contribution < -0.4 is 15.4 Å². The number of aromatic nitrogens is 4. The fraction of sp³-hybridized carbons (Fsp3) is 0.333. The fourth-order valence-electron chi connectivity index (χ4n) is 4.47. The fourth-order valence-corrected chi connectivity index (χ4v) is 4.47. The molecule has 3 aromatic heterocycles. The molecule has 9 heteroatoms. The molecular weight excluding hydrogens is 456 g/mol. The van der Waals surface area contributed by atoms with Gasteiger partial charge in [-0.2, -0.15) is 0 Å². The number of carbonyl (C=O) groups is 1. The van der Waals surface area contributed by atoms with Crippen LogP contribution in [-0.2, 0) is 4.74 Å². The molecule has 0 saturated carbocycles. The second kappa shape index (κ2) is 9.94. The number of ether oxygens (including phenoxy) is 2. The van der Waals surface area contributed by atoms with Gasteiger partial charge in [-0.05, 0) is 36.2 Å². The molecule has 0 spiro atoms. The van der Waals surface area contributed by atoms with Gasteiger partial charge >= 0.3 is 0 Å². The molecule has 1 atom stereocenters. The molecule has 4 heterocycles. The SMILES string of the molecule is CNC(=O)c1ccc(C(C)CNc2cc(-c3cn(C4COC4)c4ncc(C)cc34)ncn2)c(OC)c1. The number of benzene rings is 1. The van der Waals surface area contributed by atoms with Gasteiger partial charge in [-0.1, -0.05) is 13.0 Å². The Balaban J connectivity index is 1.38. The predicted molar refractivity (Wildman–Crippen MR) is 139 cm³/mol. The van der Waals surface area contributed by atoms with Crippen LogP contribution in [0.25, 0.3) is 22.3 Å². The Kier molecular flexibility index (Phi) is 6.56. The van der Waals surface area contributed by atoms with Crippen LogP contribution in [-0.4, -0.2) is 59.3 Å². The maximum absolute atomic E-state index is 12.0. The second-order valence-corrected chi connectivity index (χ2v) is 9.13. The first kappa shape index (κ1) is 23.7. The van der Waals surface area contributed by atoms with Gasteiger partial charge in [0.15, 0.2) is 0 Å². The molecule has 5 rings (SSSR count). The number of methoxy groups -OCH3 is 1. The standard InChI is InChI=1S/C27H30N6O3/c1-16-7-21-22(12-33(19-13-36-14-19)26(21)30-10-16)23-9-25(32-15-31-23)29-11-17(2)20-6-5-18(27(34)28-3)8-24(20)35-4/h5-10,12,15,17,19H,11,13-14H2,1-4H3,(H,28,34)(H,29,31,32). The van der Waals surface area contributed by atoms with Crippen LogP contribution in [0.3, 0.4) is 0 Å². The molecule has 186 valence electrons. The normalized spacial score (nSPS) is 14.3. The van der Waals surface area contributed by atoms with E-state index in [4.69, 9.17) is 14.5 Å². The Morgan fingerprint density at radius 1 is 1.22 bits per heavy atom. The van der Waals surface area contributed by atoms with Gasteiger partial charge in [-0.3, -0.25) is 4.79 Å². The maximum atomic E-state index is 12.0. The smallest absolute Gasteiger partial charge is 0.251 e. The van der Waals surface area contributed by atoms with Crippen molar-refractivity contribution in [1.29, 1.82) is 0 Å². The van der Waals surface area contributed by atoms with Crippen LogP contribution in [0, 0.1) is 6.92 Å². The van der Waals surface area contributed by atoms with Crippen molar-refractivity contribution in [2.24, 2.45) is 0 Å². The quantitative estimate of drug-likeness (QED) is 0.389. The van der Waals surface area contributed by atoms with E-state index in [-0.39, 0.29) is 11.8 Å². The summed E-state index contributed by atoms with van der Waals surface area (Å²) in [5, 5.41) is 7.15. The zero-order chi connectivity index (χ0) is 25.2. The van der Waals surface area contributed by atoms with E-state index in [2.05, 4.69) is 44.4 Å². The molecule has 0 aliphatic carbocycles. The summed E-state index contributed by atoms with van der Waals surface area (Å²) < 4.78 is 13.2. The van der Waals surface area contributed by atoms with E-state index in [1.807, 2.05) is 31.3 Å². The zero-order valence-electron chi connectivity index (χ0n) is 20.9. The maximum Gasteiger partial charge on any atom is 0.251 e. The summed E-state index contributed by atoms with van der Waals surface area (Å²) in [5.74, 6) is 1.39. The molecule has 9 nitrogen and oxygen atoms in total. The number of nitrogens with one attached hydrogen (secondary N) is 2. The van der Waals surface area contributed by atoms with Crippen molar-refractivity contribution in [1.82, 2.24) is 24.8 Å². The molecule has 36 heavy (non-hydrogen) atoms. The van der Waals surface area contributed by atoms with Crippen molar-refractivity contribution in [2.75, 3.05) is 39.2 Å². The number of pyridine rings is 1.